The van der Waals surface area contributed by atoms with Crippen molar-refractivity contribution in [2.45, 2.75) is 68.6 Å². The molecule has 1 aliphatic carbocycles. The Morgan fingerprint density at radius 2 is 1.76 bits per heavy atom. The largest absolute Gasteiger partial charge is 0.474 e. The van der Waals surface area contributed by atoms with E-state index >= 15 is 0 Å². The van der Waals surface area contributed by atoms with Gasteiger partial charge in [-0.15, -0.1) is 0 Å². The van der Waals surface area contributed by atoms with Crippen molar-refractivity contribution in [2.24, 2.45) is 0 Å². The van der Waals surface area contributed by atoms with E-state index in [0.29, 0.717) is 18.0 Å². The smallest absolute Gasteiger partial charge is 0.325 e. The minimum absolute atomic E-state index is 0.0406. The molecular weight excluding hydrogens is 461 g/mol. The van der Waals surface area contributed by atoms with Gasteiger partial charge in [-0.05, 0) is 63.6 Å². The number of nitrogens with zero attached hydrogens (tertiary/aromatic N) is 3. The summed E-state index contributed by atoms with van der Waals surface area (Å²) in [5, 5.41) is 0. The third-order valence-electron chi connectivity index (χ3n) is 6.68. The van der Waals surface area contributed by atoms with Gasteiger partial charge in [-0.2, -0.15) is 4.98 Å². The number of likely N-dealkylation sites (tertiary alicyclic amines) is 1. The van der Waals surface area contributed by atoms with Gasteiger partial charge in [-0.3, -0.25) is 0 Å². The summed E-state index contributed by atoms with van der Waals surface area (Å²) in [6.07, 6.45) is 9.45. The Morgan fingerprint density at radius 3 is 2.38 bits per heavy atom. The van der Waals surface area contributed by atoms with E-state index in [2.05, 4.69) is 14.9 Å². The summed E-state index contributed by atoms with van der Waals surface area (Å²) in [4.78, 5) is 10.9. The van der Waals surface area contributed by atoms with E-state index in [1.165, 1.54) is 25.0 Å². The second-order valence-corrected chi connectivity index (χ2v) is 11.1. The minimum atomic E-state index is -3.51. The lowest BCUT2D eigenvalue weighted by Gasteiger charge is -2.40. The summed E-state index contributed by atoms with van der Waals surface area (Å²) in [5.41, 5.74) is 0.764. The van der Waals surface area contributed by atoms with Crippen molar-refractivity contribution in [3.8, 4) is 17.6 Å². The van der Waals surface area contributed by atoms with Crippen LogP contribution in [0.25, 0.3) is 0 Å². The number of rotatable bonds is 7. The van der Waals surface area contributed by atoms with E-state index in [1.807, 2.05) is 6.92 Å². The van der Waals surface area contributed by atoms with Crippen molar-refractivity contribution in [3.05, 3.63) is 35.8 Å². The predicted molar refractivity (Wildman–Crippen MR) is 125 cm³/mol. The van der Waals surface area contributed by atoms with Crippen LogP contribution in [0.1, 0.15) is 44.1 Å². The molecule has 1 saturated carbocycles. The molecular formula is C24H32FN3O5S. The molecule has 2 heterocycles. The van der Waals surface area contributed by atoms with Crippen LogP contribution in [-0.4, -0.2) is 68.0 Å². The average molecular weight is 494 g/mol. The fourth-order valence-corrected chi connectivity index (χ4v) is 5.27. The molecule has 2 aromatic rings. The highest BCUT2D eigenvalue weighted by molar-refractivity contribution is 7.90. The molecule has 2 aliphatic rings. The highest BCUT2D eigenvalue weighted by Crippen LogP contribution is 2.30. The molecule has 4 rings (SSSR count). The number of hydrogen-bond donors (Lipinski definition) is 0. The highest BCUT2D eigenvalue weighted by atomic mass is 32.2. The van der Waals surface area contributed by atoms with Crippen LogP contribution in [0, 0.1) is 12.7 Å². The van der Waals surface area contributed by atoms with E-state index in [9.17, 15) is 12.8 Å². The molecule has 0 N–H and O–H groups in total. The van der Waals surface area contributed by atoms with Gasteiger partial charge in [-0.1, -0.05) is 0 Å². The number of piperidine rings is 1. The van der Waals surface area contributed by atoms with Crippen LogP contribution in [0.15, 0.2) is 29.3 Å². The van der Waals surface area contributed by atoms with E-state index < -0.39 is 15.7 Å². The summed E-state index contributed by atoms with van der Waals surface area (Å²) in [5.74, 6) is -0.544. The van der Waals surface area contributed by atoms with Crippen LogP contribution in [0.4, 0.5) is 4.39 Å². The number of methoxy groups -OCH3 is 1. The molecule has 0 atom stereocenters. The quantitative estimate of drug-likeness (QED) is 0.573. The number of sulfone groups is 1. The number of hydrogen-bond acceptors (Lipinski definition) is 8. The van der Waals surface area contributed by atoms with Gasteiger partial charge >= 0.3 is 6.01 Å². The summed E-state index contributed by atoms with van der Waals surface area (Å²) in [6.45, 7) is 3.82. The van der Waals surface area contributed by atoms with Crippen molar-refractivity contribution < 1.29 is 27.0 Å². The first-order chi connectivity index (χ1) is 16.2. The van der Waals surface area contributed by atoms with Crippen LogP contribution >= 0.6 is 0 Å². The molecule has 1 aromatic carbocycles. The van der Waals surface area contributed by atoms with Gasteiger partial charge in [0.25, 0.3) is 0 Å². The Bertz CT molecular complexity index is 1100. The zero-order chi connectivity index (χ0) is 24.3. The van der Waals surface area contributed by atoms with E-state index in [4.69, 9.17) is 14.2 Å². The lowest BCUT2D eigenvalue weighted by Crippen LogP contribution is -2.46. The second kappa shape index (κ2) is 10.5. The molecule has 1 aliphatic heterocycles. The number of benzene rings is 1. The molecule has 1 saturated heterocycles. The van der Waals surface area contributed by atoms with Gasteiger partial charge in [0.15, 0.2) is 21.4 Å². The molecule has 186 valence electrons. The Balaban J connectivity index is 1.35. The zero-order valence-corrected chi connectivity index (χ0v) is 20.7. The molecule has 0 radical (unpaired) electrons. The van der Waals surface area contributed by atoms with Gasteiger partial charge in [0, 0.05) is 44.3 Å². The third-order valence-corrected chi connectivity index (χ3v) is 7.79. The fraction of sp³-hybridized carbons (Fsp3) is 0.583. The zero-order valence-electron chi connectivity index (χ0n) is 19.9. The van der Waals surface area contributed by atoms with Crippen molar-refractivity contribution in [2.75, 3.05) is 26.5 Å². The lowest BCUT2D eigenvalue weighted by atomic mass is 9.90. The highest BCUT2D eigenvalue weighted by Gasteiger charge is 2.30. The Kier molecular flexibility index (Phi) is 7.69. The molecule has 0 unspecified atom stereocenters. The van der Waals surface area contributed by atoms with Gasteiger partial charge in [-0.25, -0.2) is 17.8 Å². The Hall–Kier alpha value is -2.30. The topological polar surface area (TPSA) is 90.9 Å². The molecule has 34 heavy (non-hydrogen) atoms. The fourth-order valence-electron chi connectivity index (χ4n) is 4.64. The number of aryl methyl sites for hydroxylation is 1. The van der Waals surface area contributed by atoms with Crippen molar-refractivity contribution in [3.63, 3.8) is 0 Å². The Morgan fingerprint density at radius 1 is 1.06 bits per heavy atom. The number of ether oxygens (including phenoxy) is 3. The lowest BCUT2D eigenvalue weighted by molar-refractivity contribution is 0.0182. The maximum absolute atomic E-state index is 14.4. The van der Waals surface area contributed by atoms with E-state index in [1.54, 1.807) is 13.3 Å². The average Bonchev–Trinajstić information content (AvgIpc) is 2.82. The number of aromatic nitrogens is 2. The van der Waals surface area contributed by atoms with Crippen LogP contribution in [0.3, 0.4) is 0 Å². The molecule has 0 amide bonds. The van der Waals surface area contributed by atoms with Crippen molar-refractivity contribution >= 4 is 9.84 Å². The van der Waals surface area contributed by atoms with Crippen LogP contribution in [0.2, 0.25) is 0 Å². The van der Waals surface area contributed by atoms with E-state index in [-0.39, 0.29) is 22.8 Å². The summed E-state index contributed by atoms with van der Waals surface area (Å²) in [7, 11) is -1.72. The molecule has 8 nitrogen and oxygen atoms in total. The molecule has 2 fully saturated rings. The van der Waals surface area contributed by atoms with E-state index in [0.717, 1.165) is 56.7 Å². The standard InChI is InChI=1S/C24H32FN3O5S/c1-16-15-26-24(33-22-9-8-20(14-21(22)25)34(3,29)30)27-23(16)32-19-10-12-28(13-11-19)17-4-6-18(31-2)7-5-17/h8-9,14-15,17-19H,4-7,10-13H2,1-3H3. The molecule has 10 heteroatoms. The molecule has 0 bridgehead atoms. The van der Waals surface area contributed by atoms with Crippen LogP contribution < -0.4 is 9.47 Å². The molecule has 1 aromatic heterocycles. The number of halogens is 1. The van der Waals surface area contributed by atoms with Gasteiger partial charge in [0.1, 0.15) is 6.10 Å². The third kappa shape index (κ3) is 6.03. The predicted octanol–water partition coefficient (Wildman–Crippen LogP) is 3.92. The summed E-state index contributed by atoms with van der Waals surface area (Å²) < 4.78 is 54.7. The van der Waals surface area contributed by atoms with Crippen molar-refractivity contribution in [1.82, 2.24) is 14.9 Å². The maximum atomic E-state index is 14.4. The normalized spacial score (nSPS) is 22.5. The monoisotopic (exact) mass is 493 g/mol. The van der Waals surface area contributed by atoms with Gasteiger partial charge < -0.3 is 19.1 Å². The Labute approximate surface area is 200 Å². The molecule has 0 spiro atoms. The van der Waals surface area contributed by atoms with Crippen LogP contribution in [-0.2, 0) is 14.6 Å². The van der Waals surface area contributed by atoms with Gasteiger partial charge in [0.05, 0.1) is 11.0 Å². The second-order valence-electron chi connectivity index (χ2n) is 9.13. The van der Waals surface area contributed by atoms with Crippen molar-refractivity contribution in [1.29, 1.82) is 0 Å². The first kappa shape index (κ1) is 24.8. The van der Waals surface area contributed by atoms with Crippen LogP contribution in [0.5, 0.6) is 17.6 Å². The summed E-state index contributed by atoms with van der Waals surface area (Å²) in [6, 6.07) is 4.03. The maximum Gasteiger partial charge on any atom is 0.325 e. The first-order valence-electron chi connectivity index (χ1n) is 11.7. The SMILES string of the molecule is COC1CCC(N2CCC(Oc3nc(Oc4ccc(S(C)(=O)=O)cc4F)ncc3C)CC2)CC1. The minimum Gasteiger partial charge on any atom is -0.474 e. The first-order valence-corrected chi connectivity index (χ1v) is 13.6. The van der Waals surface area contributed by atoms with Gasteiger partial charge in [0.2, 0.25) is 5.88 Å². The summed E-state index contributed by atoms with van der Waals surface area (Å²) >= 11 is 0.